The van der Waals surface area contributed by atoms with Crippen molar-refractivity contribution in [3.63, 3.8) is 0 Å². The van der Waals surface area contributed by atoms with Gasteiger partial charge in [0.15, 0.2) is 23.9 Å². The van der Waals surface area contributed by atoms with Gasteiger partial charge in [0.25, 0.3) is 0 Å². The number of hydrogen-bond acceptors (Lipinski definition) is 6. The number of carbonyl (C=O) groups is 2. The van der Waals surface area contributed by atoms with E-state index in [4.69, 9.17) is 18.9 Å². The van der Waals surface area contributed by atoms with E-state index in [1.807, 2.05) is 36.4 Å². The molecule has 66 heavy (non-hydrogen) atoms. The standard InChI is InChI=1S/C58H68N2O6/c1-7-10-11-12-13-16-27-63-56(61)50-35-44(32-45(50)9-3)21-24-46-31-41(8-2)34-51(46)57(62)64-49-25-22-42(23-26-49)19-20-43-30-40(6)55-48(33-43)37-60-53-18-15-14-17-52(53)59-36-47-29-38(4)28-39(5)54(47)65-58(59,60)66-55/h8-9,21-26,28-30,33,36-37,41,44-46,50-53H,2-3,7,10-18,27,31-32,34-35H2,1,4-6H3/q+2/b24-21-/t41?,44?,45?,46?,50?,51?,52-,53?,58-/m1/s1. The van der Waals surface area contributed by atoms with Crippen molar-refractivity contribution in [2.45, 2.75) is 136 Å². The van der Waals surface area contributed by atoms with Crippen molar-refractivity contribution in [2.24, 2.45) is 35.5 Å². The number of fused-ring (bicyclic) bond motifs is 5. The van der Waals surface area contributed by atoms with Crippen molar-refractivity contribution < 1.29 is 37.7 Å². The van der Waals surface area contributed by atoms with Crippen molar-refractivity contribution in [3.05, 3.63) is 125 Å². The van der Waals surface area contributed by atoms with Crippen molar-refractivity contribution in [2.75, 3.05) is 6.61 Å². The van der Waals surface area contributed by atoms with Gasteiger partial charge < -0.3 is 18.9 Å². The van der Waals surface area contributed by atoms with Gasteiger partial charge in [-0.25, -0.2) is 0 Å². The van der Waals surface area contributed by atoms with Crippen LogP contribution in [0.5, 0.6) is 17.2 Å². The SMILES string of the molecule is C=CC1CC(/C=C\C2CC(C=C)C(C(=O)OCCCCCCCC)C2)C(C(=O)Oc2ccc(C#Cc3cc(C)c4c(c3)C=[N+]3C5CCCC[C@H]5[N+]5=Cc6cc(C)cc(C)c6O[C@]35O4)cc2)C1. The molecule has 9 rings (SSSR count). The van der Waals surface area contributed by atoms with E-state index in [0.717, 1.165) is 89.8 Å². The minimum atomic E-state index is -1.06. The first kappa shape index (κ1) is 45.5. The molecular formula is C58H68N2O6+2. The summed E-state index contributed by atoms with van der Waals surface area (Å²) >= 11 is 0. The quantitative estimate of drug-likeness (QED) is 0.0401. The predicted molar refractivity (Wildman–Crippen MR) is 259 cm³/mol. The van der Waals surface area contributed by atoms with Crippen LogP contribution < -0.4 is 14.2 Å². The van der Waals surface area contributed by atoms with Gasteiger partial charge in [-0.15, -0.1) is 13.2 Å². The first-order chi connectivity index (χ1) is 32.1. The lowest BCUT2D eigenvalue weighted by atomic mass is 9.91. The average Bonchev–Trinajstić information content (AvgIpc) is 4.02. The molecule has 3 heterocycles. The number of nitrogens with zero attached hydrogens (tertiary/aromatic N) is 2. The number of hydrogen-bond donors (Lipinski definition) is 0. The lowest BCUT2D eigenvalue weighted by Gasteiger charge is -2.29. The van der Waals surface area contributed by atoms with Crippen molar-refractivity contribution in [1.29, 1.82) is 0 Å². The number of esters is 2. The summed E-state index contributed by atoms with van der Waals surface area (Å²) in [7, 11) is 0. The first-order valence-electron chi connectivity index (χ1n) is 24.9. The van der Waals surface area contributed by atoms with Gasteiger partial charge in [0.05, 0.1) is 29.6 Å². The number of aryl methyl sites for hydroxylation is 3. The maximum Gasteiger partial charge on any atom is 0.704 e. The molecule has 0 N–H and O–H groups in total. The fourth-order valence-corrected chi connectivity index (χ4v) is 11.8. The van der Waals surface area contributed by atoms with E-state index in [9.17, 15) is 9.59 Å². The van der Waals surface area contributed by atoms with Gasteiger partial charge in [0.1, 0.15) is 5.75 Å². The van der Waals surface area contributed by atoms with Crippen LogP contribution in [-0.2, 0) is 14.3 Å². The van der Waals surface area contributed by atoms with E-state index in [1.54, 1.807) is 0 Å². The molecule has 7 unspecified atom stereocenters. The summed E-state index contributed by atoms with van der Waals surface area (Å²) in [4.78, 5) is 26.8. The second-order valence-corrected chi connectivity index (χ2v) is 19.9. The molecule has 0 radical (unpaired) electrons. The highest BCUT2D eigenvalue weighted by atomic mass is 16.7. The summed E-state index contributed by atoms with van der Waals surface area (Å²) in [6.07, 6.45) is 27.5. The fourth-order valence-electron chi connectivity index (χ4n) is 11.8. The van der Waals surface area contributed by atoms with Gasteiger partial charge in [-0.05, 0) is 149 Å². The van der Waals surface area contributed by atoms with Crippen LogP contribution in [0.4, 0.5) is 0 Å². The normalized spacial score (nSPS) is 27.9. The Morgan fingerprint density at radius 2 is 1.33 bits per heavy atom. The van der Waals surface area contributed by atoms with Gasteiger partial charge in [-0.2, -0.15) is 0 Å². The summed E-state index contributed by atoms with van der Waals surface area (Å²) in [6, 6.07) is 15.6. The summed E-state index contributed by atoms with van der Waals surface area (Å²) in [6.45, 7) is 17.1. The molecule has 1 saturated heterocycles. The highest BCUT2D eigenvalue weighted by Gasteiger charge is 2.76. The largest absolute Gasteiger partial charge is 0.704 e. The van der Waals surface area contributed by atoms with Gasteiger partial charge in [0.2, 0.25) is 12.1 Å². The third-order valence-corrected chi connectivity index (χ3v) is 15.2. The number of unbranched alkanes of at least 4 members (excludes halogenated alkanes) is 5. The maximum atomic E-state index is 13.8. The number of carbonyl (C=O) groups excluding carboxylic acids is 2. The Labute approximate surface area is 392 Å². The van der Waals surface area contributed by atoms with Crippen LogP contribution in [0.15, 0.2) is 86.0 Å². The zero-order valence-electron chi connectivity index (χ0n) is 39.6. The summed E-state index contributed by atoms with van der Waals surface area (Å²) < 4.78 is 30.5. The molecule has 0 amide bonds. The summed E-state index contributed by atoms with van der Waals surface area (Å²) in [5, 5.41) is 0. The van der Waals surface area contributed by atoms with E-state index in [0.29, 0.717) is 24.8 Å². The smallest absolute Gasteiger partial charge is 0.465 e. The van der Waals surface area contributed by atoms with E-state index < -0.39 is 6.03 Å². The monoisotopic (exact) mass is 889 g/mol. The van der Waals surface area contributed by atoms with Gasteiger partial charge in [-0.3, -0.25) is 9.59 Å². The highest BCUT2D eigenvalue weighted by Crippen LogP contribution is 2.47. The van der Waals surface area contributed by atoms with E-state index >= 15 is 0 Å². The molecule has 3 aromatic carbocycles. The minimum absolute atomic E-state index is 0.0343. The lowest BCUT2D eigenvalue weighted by Crippen LogP contribution is -2.60. The Morgan fingerprint density at radius 3 is 2.03 bits per heavy atom. The van der Waals surface area contributed by atoms with Gasteiger partial charge in [0, 0.05) is 24.0 Å². The van der Waals surface area contributed by atoms with Crippen LogP contribution in [-0.4, -0.2) is 58.2 Å². The fraction of sp³-hybridized carbons (Fsp3) is 0.483. The van der Waals surface area contributed by atoms with Gasteiger partial charge >= 0.3 is 18.0 Å². The molecule has 8 heteroatoms. The molecule has 3 aliphatic carbocycles. The average molecular weight is 889 g/mol. The molecular weight excluding hydrogens is 821 g/mol. The molecule has 4 fully saturated rings. The van der Waals surface area contributed by atoms with Crippen LogP contribution in [0.25, 0.3) is 0 Å². The second-order valence-electron chi connectivity index (χ2n) is 19.9. The Hall–Kier alpha value is -5.68. The minimum Gasteiger partial charge on any atom is -0.465 e. The molecule has 344 valence electrons. The molecule has 6 aliphatic rings. The second kappa shape index (κ2) is 19.7. The first-order valence-corrected chi connectivity index (χ1v) is 24.9. The zero-order valence-corrected chi connectivity index (χ0v) is 39.6. The molecule has 9 atom stereocenters. The number of ether oxygens (including phenoxy) is 4. The van der Waals surface area contributed by atoms with Crippen LogP contribution in [0, 0.1) is 68.1 Å². The van der Waals surface area contributed by atoms with Crippen LogP contribution in [0.1, 0.15) is 136 Å². The van der Waals surface area contributed by atoms with E-state index in [1.165, 1.54) is 44.1 Å². The van der Waals surface area contributed by atoms with Crippen LogP contribution >= 0.6 is 0 Å². The highest BCUT2D eigenvalue weighted by molar-refractivity contribution is 5.85. The summed E-state index contributed by atoms with van der Waals surface area (Å²) in [5.41, 5.74) is 7.16. The number of benzene rings is 3. The third kappa shape index (κ3) is 9.20. The third-order valence-electron chi connectivity index (χ3n) is 15.2. The topological polar surface area (TPSA) is 77.1 Å². The van der Waals surface area contributed by atoms with E-state index in [-0.39, 0.29) is 53.5 Å². The number of allylic oxidation sites excluding steroid dienone is 4. The Balaban J connectivity index is 0.839. The molecule has 0 aromatic heterocycles. The Kier molecular flexibility index (Phi) is 13.5. The molecule has 3 aromatic rings. The van der Waals surface area contributed by atoms with Crippen LogP contribution in [0.2, 0.25) is 0 Å². The van der Waals surface area contributed by atoms with Gasteiger partial charge in [-0.1, -0.05) is 90.4 Å². The number of rotatable bonds is 14. The predicted octanol–water partition coefficient (Wildman–Crippen LogP) is 11.3. The van der Waals surface area contributed by atoms with Crippen molar-refractivity contribution in [1.82, 2.24) is 0 Å². The molecule has 3 aliphatic heterocycles. The Morgan fingerprint density at radius 1 is 0.712 bits per heavy atom. The zero-order chi connectivity index (χ0) is 46.0. The molecule has 3 saturated carbocycles. The molecule has 0 bridgehead atoms. The van der Waals surface area contributed by atoms with Crippen molar-refractivity contribution >= 4 is 24.4 Å². The molecule has 8 nitrogen and oxygen atoms in total. The van der Waals surface area contributed by atoms with Crippen LogP contribution in [0.3, 0.4) is 0 Å². The van der Waals surface area contributed by atoms with E-state index in [2.05, 4.69) is 111 Å². The lowest BCUT2D eigenvalue weighted by molar-refractivity contribution is -0.866. The summed E-state index contributed by atoms with van der Waals surface area (Å²) in [5.74, 6) is 8.76. The molecule has 1 spiro atoms. The maximum absolute atomic E-state index is 13.8. The van der Waals surface area contributed by atoms with Crippen molar-refractivity contribution in [3.8, 4) is 29.1 Å². The Bertz CT molecular complexity index is 2520.